The average molecular weight is 284 g/mol. The van der Waals surface area contributed by atoms with Gasteiger partial charge in [0.15, 0.2) is 0 Å². The normalized spacial score (nSPS) is 23.1. The van der Waals surface area contributed by atoms with Crippen molar-refractivity contribution < 1.29 is 9.18 Å². The lowest BCUT2D eigenvalue weighted by Gasteiger charge is -2.31. The van der Waals surface area contributed by atoms with Crippen molar-refractivity contribution in [2.24, 2.45) is 5.92 Å². The summed E-state index contributed by atoms with van der Waals surface area (Å²) in [6.07, 6.45) is 4.29. The molecular formula is C15H19ClFNO. The third-order valence-electron chi connectivity index (χ3n) is 3.87. The Bertz CT molecular complexity index is 463. The Morgan fingerprint density at radius 3 is 2.89 bits per heavy atom. The molecule has 1 N–H and O–H groups in total. The summed E-state index contributed by atoms with van der Waals surface area (Å²) in [5.41, 5.74) is 1.20. The van der Waals surface area contributed by atoms with Gasteiger partial charge in [0.25, 0.3) is 5.91 Å². The number of aryl methyl sites for hydroxylation is 1. The molecule has 1 aromatic rings. The molecule has 0 heterocycles. The van der Waals surface area contributed by atoms with Crippen LogP contribution in [0.15, 0.2) is 18.2 Å². The summed E-state index contributed by atoms with van der Waals surface area (Å²) >= 11 is 5.95. The van der Waals surface area contributed by atoms with Crippen LogP contribution in [-0.2, 0) is 0 Å². The fourth-order valence-electron chi connectivity index (χ4n) is 2.67. The van der Waals surface area contributed by atoms with E-state index in [1.807, 2.05) is 6.92 Å². The molecule has 0 bridgehead atoms. The SMILES string of the molecule is Cc1ccc(F)cc1C(=O)NC1CCCCC1CCl. The number of halogens is 2. The molecule has 1 aliphatic carbocycles. The van der Waals surface area contributed by atoms with E-state index >= 15 is 0 Å². The Balaban J connectivity index is 2.09. The molecule has 2 nitrogen and oxygen atoms in total. The van der Waals surface area contributed by atoms with E-state index in [0.717, 1.165) is 24.8 Å². The van der Waals surface area contributed by atoms with Crippen molar-refractivity contribution >= 4 is 17.5 Å². The number of benzene rings is 1. The maximum Gasteiger partial charge on any atom is 0.251 e. The Morgan fingerprint density at radius 1 is 1.42 bits per heavy atom. The topological polar surface area (TPSA) is 29.1 Å². The minimum atomic E-state index is -0.381. The van der Waals surface area contributed by atoms with Crippen LogP contribution >= 0.6 is 11.6 Å². The summed E-state index contributed by atoms with van der Waals surface area (Å²) < 4.78 is 13.2. The van der Waals surface area contributed by atoms with Gasteiger partial charge in [-0.05, 0) is 43.4 Å². The molecule has 19 heavy (non-hydrogen) atoms. The lowest BCUT2D eigenvalue weighted by Crippen LogP contribution is -2.43. The maximum atomic E-state index is 13.2. The third kappa shape index (κ3) is 3.47. The van der Waals surface area contributed by atoms with Crippen LogP contribution in [0.2, 0.25) is 0 Å². The Labute approximate surface area is 118 Å². The number of hydrogen-bond acceptors (Lipinski definition) is 1. The average Bonchev–Trinajstić information content (AvgIpc) is 2.42. The van der Waals surface area contributed by atoms with Crippen molar-refractivity contribution in [2.45, 2.75) is 38.6 Å². The fourth-order valence-corrected chi connectivity index (χ4v) is 3.04. The lowest BCUT2D eigenvalue weighted by molar-refractivity contribution is 0.0910. The number of carbonyl (C=O) groups is 1. The first kappa shape index (κ1) is 14.3. The third-order valence-corrected chi connectivity index (χ3v) is 4.26. The lowest BCUT2D eigenvalue weighted by atomic mass is 9.85. The first-order valence-electron chi connectivity index (χ1n) is 6.75. The van der Waals surface area contributed by atoms with Gasteiger partial charge in [-0.1, -0.05) is 18.9 Å². The van der Waals surface area contributed by atoms with Crippen molar-refractivity contribution in [2.75, 3.05) is 5.88 Å². The zero-order valence-electron chi connectivity index (χ0n) is 11.1. The zero-order valence-corrected chi connectivity index (χ0v) is 11.8. The minimum absolute atomic E-state index is 0.112. The van der Waals surface area contributed by atoms with E-state index in [-0.39, 0.29) is 17.8 Å². The van der Waals surface area contributed by atoms with E-state index in [9.17, 15) is 9.18 Å². The van der Waals surface area contributed by atoms with Gasteiger partial charge in [0, 0.05) is 17.5 Å². The molecule has 0 radical (unpaired) electrons. The van der Waals surface area contributed by atoms with Crippen LogP contribution in [0.4, 0.5) is 4.39 Å². The number of amides is 1. The highest BCUT2D eigenvalue weighted by Gasteiger charge is 2.26. The molecule has 0 aliphatic heterocycles. The number of nitrogens with one attached hydrogen (secondary N) is 1. The highest BCUT2D eigenvalue weighted by atomic mass is 35.5. The van der Waals surface area contributed by atoms with Gasteiger partial charge in [0.05, 0.1) is 0 Å². The van der Waals surface area contributed by atoms with Crippen LogP contribution in [0.1, 0.15) is 41.6 Å². The van der Waals surface area contributed by atoms with Gasteiger partial charge in [-0.15, -0.1) is 11.6 Å². The van der Waals surface area contributed by atoms with Crippen LogP contribution < -0.4 is 5.32 Å². The van der Waals surface area contributed by atoms with Gasteiger partial charge < -0.3 is 5.32 Å². The first-order valence-corrected chi connectivity index (χ1v) is 7.28. The number of hydrogen-bond donors (Lipinski definition) is 1. The Morgan fingerprint density at radius 2 is 2.16 bits per heavy atom. The van der Waals surface area contributed by atoms with Crippen molar-refractivity contribution in [1.29, 1.82) is 0 Å². The van der Waals surface area contributed by atoms with Crippen LogP contribution in [0.3, 0.4) is 0 Å². The van der Waals surface area contributed by atoms with E-state index in [1.165, 1.54) is 18.6 Å². The quantitative estimate of drug-likeness (QED) is 0.843. The molecule has 2 rings (SSSR count). The van der Waals surface area contributed by atoms with E-state index in [4.69, 9.17) is 11.6 Å². The summed E-state index contributed by atoms with van der Waals surface area (Å²) in [6, 6.07) is 4.41. The molecule has 1 amide bonds. The van der Waals surface area contributed by atoms with Gasteiger partial charge in [-0.2, -0.15) is 0 Å². The van der Waals surface area contributed by atoms with Crippen molar-refractivity contribution in [3.63, 3.8) is 0 Å². The molecule has 0 aromatic heterocycles. The van der Waals surface area contributed by atoms with Crippen LogP contribution in [-0.4, -0.2) is 17.8 Å². The predicted molar refractivity (Wildman–Crippen MR) is 75.1 cm³/mol. The molecule has 1 saturated carbocycles. The first-order chi connectivity index (χ1) is 9.11. The van der Waals surface area contributed by atoms with Gasteiger partial charge in [0.1, 0.15) is 5.82 Å². The van der Waals surface area contributed by atoms with Crippen LogP contribution in [0.25, 0.3) is 0 Å². The molecule has 2 unspecified atom stereocenters. The van der Waals surface area contributed by atoms with Gasteiger partial charge in [0.2, 0.25) is 0 Å². The summed E-state index contributed by atoms with van der Waals surface area (Å²) in [5.74, 6) is 0.313. The van der Waals surface area contributed by atoms with Gasteiger partial charge >= 0.3 is 0 Å². The Hall–Kier alpha value is -1.09. The smallest absolute Gasteiger partial charge is 0.251 e. The van der Waals surface area contributed by atoms with Crippen molar-refractivity contribution in [3.05, 3.63) is 35.1 Å². The molecule has 1 aromatic carbocycles. The molecule has 0 spiro atoms. The summed E-state index contributed by atoms with van der Waals surface area (Å²) in [4.78, 5) is 12.2. The highest BCUT2D eigenvalue weighted by molar-refractivity contribution is 6.18. The van der Waals surface area contributed by atoms with Crippen molar-refractivity contribution in [1.82, 2.24) is 5.32 Å². The molecule has 0 saturated heterocycles. The second-order valence-electron chi connectivity index (χ2n) is 5.24. The molecule has 104 valence electrons. The number of alkyl halides is 1. The summed E-state index contributed by atoms with van der Waals surface area (Å²) in [5, 5.41) is 3.01. The predicted octanol–water partition coefficient (Wildman–Crippen LogP) is 3.66. The second-order valence-corrected chi connectivity index (χ2v) is 5.55. The highest BCUT2D eigenvalue weighted by Crippen LogP contribution is 2.26. The van der Waals surface area contributed by atoms with E-state index < -0.39 is 0 Å². The van der Waals surface area contributed by atoms with E-state index in [0.29, 0.717) is 17.4 Å². The maximum absolute atomic E-state index is 13.2. The van der Waals surface area contributed by atoms with Gasteiger partial charge in [-0.25, -0.2) is 4.39 Å². The molecule has 1 aliphatic rings. The van der Waals surface area contributed by atoms with Crippen molar-refractivity contribution in [3.8, 4) is 0 Å². The monoisotopic (exact) mass is 283 g/mol. The largest absolute Gasteiger partial charge is 0.349 e. The molecule has 2 atom stereocenters. The minimum Gasteiger partial charge on any atom is -0.349 e. The summed E-state index contributed by atoms with van der Waals surface area (Å²) in [6.45, 7) is 1.81. The second kappa shape index (κ2) is 6.38. The Kier molecular flexibility index (Phi) is 4.81. The van der Waals surface area contributed by atoms with Gasteiger partial charge in [-0.3, -0.25) is 4.79 Å². The standard InChI is InChI=1S/C15H19ClFNO/c1-10-6-7-12(17)8-13(10)15(19)18-14-5-3-2-4-11(14)9-16/h6-8,11,14H,2-5,9H2,1H3,(H,18,19). The number of carbonyl (C=O) groups excluding carboxylic acids is 1. The van der Waals surface area contributed by atoms with E-state index in [2.05, 4.69) is 5.32 Å². The number of rotatable bonds is 3. The molecule has 1 fully saturated rings. The fraction of sp³-hybridized carbons (Fsp3) is 0.533. The van der Waals surface area contributed by atoms with E-state index in [1.54, 1.807) is 6.07 Å². The molecular weight excluding hydrogens is 265 g/mol. The zero-order chi connectivity index (χ0) is 13.8. The summed E-state index contributed by atoms with van der Waals surface area (Å²) in [7, 11) is 0. The van der Waals surface area contributed by atoms with Crippen LogP contribution in [0, 0.1) is 18.7 Å². The molecule has 4 heteroatoms. The van der Waals surface area contributed by atoms with Crippen LogP contribution in [0.5, 0.6) is 0 Å².